The monoisotopic (exact) mass is 590 g/mol. The molecule has 1 heterocycles. The van der Waals surface area contributed by atoms with Gasteiger partial charge in [0.25, 0.3) is 10.0 Å². The Bertz CT molecular complexity index is 1850. The molecule has 1 aromatic heterocycles. The SMILES string of the molecule is C[C@@H](NS(=O)(=O)C(F)(F)F)c1ccc(S(=O)(=O)c2cc3ccccc3n2S(=O)(=O)c2ccccc2F)cc1. The summed E-state index contributed by atoms with van der Waals surface area (Å²) in [6, 6.07) is 14.2. The van der Waals surface area contributed by atoms with Crippen LogP contribution in [0.15, 0.2) is 93.7 Å². The molecule has 0 saturated carbocycles. The Morgan fingerprint density at radius 2 is 1.39 bits per heavy atom. The number of nitrogens with zero attached hydrogens (tertiary/aromatic N) is 1. The number of para-hydroxylation sites is 1. The van der Waals surface area contributed by atoms with Crippen molar-refractivity contribution in [3.8, 4) is 0 Å². The Hall–Kier alpha value is -3.27. The molecule has 0 bridgehead atoms. The van der Waals surface area contributed by atoms with E-state index in [4.69, 9.17) is 0 Å². The normalized spacial score (nSPS) is 14.0. The molecule has 4 aromatic rings. The molecule has 0 aliphatic rings. The van der Waals surface area contributed by atoms with Crippen LogP contribution < -0.4 is 4.72 Å². The average Bonchev–Trinajstić information content (AvgIpc) is 3.25. The minimum atomic E-state index is -5.66. The predicted octanol–water partition coefficient (Wildman–Crippen LogP) is 4.35. The lowest BCUT2D eigenvalue weighted by Gasteiger charge is -2.17. The molecule has 38 heavy (non-hydrogen) atoms. The van der Waals surface area contributed by atoms with E-state index in [2.05, 4.69) is 0 Å². The molecule has 3 aromatic carbocycles. The van der Waals surface area contributed by atoms with Gasteiger partial charge in [-0.25, -0.2) is 38.3 Å². The maximum absolute atomic E-state index is 14.5. The quantitative estimate of drug-likeness (QED) is 0.320. The van der Waals surface area contributed by atoms with Crippen LogP contribution in [-0.2, 0) is 29.9 Å². The summed E-state index contributed by atoms with van der Waals surface area (Å²) in [7, 11) is -15.0. The number of nitrogens with one attached hydrogen (secondary N) is 1. The zero-order chi connectivity index (χ0) is 28.1. The van der Waals surface area contributed by atoms with Crippen LogP contribution in [0.5, 0.6) is 0 Å². The summed E-state index contributed by atoms with van der Waals surface area (Å²) in [6.07, 6.45) is 0. The summed E-state index contributed by atoms with van der Waals surface area (Å²) in [5.41, 5.74) is -5.56. The second-order valence-corrected chi connectivity index (χ2v) is 13.5. The van der Waals surface area contributed by atoms with Crippen molar-refractivity contribution in [2.24, 2.45) is 0 Å². The number of benzene rings is 3. The smallest absolute Gasteiger partial charge is 0.222 e. The predicted molar refractivity (Wildman–Crippen MR) is 129 cm³/mol. The van der Waals surface area contributed by atoms with Gasteiger partial charge in [0, 0.05) is 11.4 Å². The highest BCUT2D eigenvalue weighted by atomic mass is 32.2. The average molecular weight is 591 g/mol. The van der Waals surface area contributed by atoms with E-state index in [0.717, 1.165) is 49.4 Å². The van der Waals surface area contributed by atoms with E-state index < -0.39 is 62.1 Å². The fourth-order valence-electron chi connectivity index (χ4n) is 3.72. The fourth-order valence-corrected chi connectivity index (χ4v) is 7.85. The zero-order valence-corrected chi connectivity index (χ0v) is 21.7. The van der Waals surface area contributed by atoms with Gasteiger partial charge in [-0.3, -0.25) is 0 Å². The van der Waals surface area contributed by atoms with Gasteiger partial charge in [-0.15, -0.1) is 0 Å². The molecule has 0 saturated heterocycles. The van der Waals surface area contributed by atoms with Gasteiger partial charge in [0.05, 0.1) is 10.4 Å². The third kappa shape index (κ3) is 4.81. The second-order valence-electron chi connectivity index (χ2n) is 8.10. The van der Waals surface area contributed by atoms with Crippen LogP contribution in [0.4, 0.5) is 17.6 Å². The molecule has 15 heteroatoms. The minimum Gasteiger partial charge on any atom is -0.222 e. The Morgan fingerprint density at radius 3 is 2.00 bits per heavy atom. The van der Waals surface area contributed by atoms with Crippen LogP contribution in [0.1, 0.15) is 18.5 Å². The third-order valence-electron chi connectivity index (χ3n) is 5.59. The number of halogens is 4. The van der Waals surface area contributed by atoms with Gasteiger partial charge < -0.3 is 0 Å². The summed E-state index contributed by atoms with van der Waals surface area (Å²) in [5.74, 6) is -1.09. The first-order valence-electron chi connectivity index (χ1n) is 10.6. The number of rotatable bonds is 7. The van der Waals surface area contributed by atoms with Crippen molar-refractivity contribution in [2.75, 3.05) is 0 Å². The topological polar surface area (TPSA) is 119 Å². The van der Waals surface area contributed by atoms with E-state index in [0.29, 0.717) is 3.97 Å². The first-order valence-corrected chi connectivity index (χ1v) is 15.0. The third-order valence-corrected chi connectivity index (χ3v) is 10.5. The molecule has 0 aliphatic carbocycles. The molecule has 1 N–H and O–H groups in total. The highest BCUT2D eigenvalue weighted by Crippen LogP contribution is 2.33. The van der Waals surface area contributed by atoms with Crippen molar-refractivity contribution in [3.05, 3.63) is 90.2 Å². The standard InChI is InChI=1S/C23H18F4N2O6S3/c1-15(28-38(34,35)23(25,26)27)16-10-12-18(13-11-16)36(30,31)22-14-17-6-2-4-8-20(17)29(22)37(32,33)21-9-5-3-7-19(21)24/h2-15,28H,1H3/t15-/m1/s1. The van der Waals surface area contributed by atoms with E-state index in [1.54, 1.807) is 6.07 Å². The molecule has 0 radical (unpaired) electrons. The van der Waals surface area contributed by atoms with Gasteiger partial charge in [-0.1, -0.05) is 42.5 Å². The maximum atomic E-state index is 14.5. The van der Waals surface area contributed by atoms with E-state index in [9.17, 15) is 42.8 Å². The number of sulfonamides is 1. The van der Waals surface area contributed by atoms with Gasteiger partial charge in [-0.05, 0) is 48.9 Å². The molecule has 8 nitrogen and oxygen atoms in total. The van der Waals surface area contributed by atoms with Crippen LogP contribution in [0.25, 0.3) is 10.9 Å². The van der Waals surface area contributed by atoms with Crippen LogP contribution in [-0.4, -0.2) is 34.7 Å². The number of alkyl halides is 3. The van der Waals surface area contributed by atoms with Crippen LogP contribution >= 0.6 is 0 Å². The first-order chi connectivity index (χ1) is 17.6. The van der Waals surface area contributed by atoms with Gasteiger partial charge in [0.1, 0.15) is 10.7 Å². The van der Waals surface area contributed by atoms with Crippen LogP contribution in [0.3, 0.4) is 0 Å². The lowest BCUT2D eigenvalue weighted by molar-refractivity contribution is -0.0450. The minimum absolute atomic E-state index is 0.0105. The van der Waals surface area contributed by atoms with Gasteiger partial charge in [0.15, 0.2) is 5.03 Å². The lowest BCUT2D eigenvalue weighted by atomic mass is 10.1. The molecule has 1 atom stereocenters. The molecule has 4 rings (SSSR count). The number of sulfone groups is 1. The number of hydrogen-bond donors (Lipinski definition) is 1. The molecule has 0 fully saturated rings. The van der Waals surface area contributed by atoms with Gasteiger partial charge in [-0.2, -0.15) is 13.2 Å². The summed E-state index contributed by atoms with van der Waals surface area (Å²) in [6.45, 7) is 1.13. The molecule has 0 aliphatic heterocycles. The second kappa shape index (κ2) is 9.48. The Balaban J connectivity index is 1.82. The van der Waals surface area contributed by atoms with Crippen molar-refractivity contribution in [1.29, 1.82) is 0 Å². The van der Waals surface area contributed by atoms with Crippen LogP contribution in [0, 0.1) is 5.82 Å². The Morgan fingerprint density at radius 1 is 0.816 bits per heavy atom. The van der Waals surface area contributed by atoms with Crippen molar-refractivity contribution in [3.63, 3.8) is 0 Å². The largest absolute Gasteiger partial charge is 0.511 e. The van der Waals surface area contributed by atoms with Crippen molar-refractivity contribution >= 4 is 40.8 Å². The van der Waals surface area contributed by atoms with Crippen molar-refractivity contribution in [2.45, 2.75) is 33.3 Å². The first kappa shape index (κ1) is 27.8. The van der Waals surface area contributed by atoms with Crippen molar-refractivity contribution < 1.29 is 42.8 Å². The molecular formula is C23H18F4N2O6S3. The summed E-state index contributed by atoms with van der Waals surface area (Å²) < 4.78 is 131. The van der Waals surface area contributed by atoms with Crippen LogP contribution in [0.2, 0.25) is 0 Å². The Labute approximate surface area is 215 Å². The van der Waals surface area contributed by atoms with Gasteiger partial charge in [0.2, 0.25) is 9.84 Å². The lowest BCUT2D eigenvalue weighted by Crippen LogP contribution is -2.37. The maximum Gasteiger partial charge on any atom is 0.511 e. The summed E-state index contributed by atoms with van der Waals surface area (Å²) in [4.78, 5) is -1.18. The summed E-state index contributed by atoms with van der Waals surface area (Å²) >= 11 is 0. The highest BCUT2D eigenvalue weighted by molar-refractivity contribution is 7.93. The van der Waals surface area contributed by atoms with E-state index >= 15 is 0 Å². The molecule has 0 unspecified atom stereocenters. The van der Waals surface area contributed by atoms with Crippen molar-refractivity contribution in [1.82, 2.24) is 8.69 Å². The molecular weight excluding hydrogens is 572 g/mol. The van der Waals surface area contributed by atoms with E-state index in [1.165, 1.54) is 35.1 Å². The fraction of sp³-hybridized carbons (Fsp3) is 0.130. The summed E-state index contributed by atoms with van der Waals surface area (Å²) in [5, 5.41) is -0.460. The molecule has 202 valence electrons. The van der Waals surface area contributed by atoms with E-state index in [-0.39, 0.29) is 16.5 Å². The van der Waals surface area contributed by atoms with E-state index in [1.807, 2.05) is 0 Å². The Kier molecular flexibility index (Phi) is 6.93. The zero-order valence-electron chi connectivity index (χ0n) is 19.2. The number of fused-ring (bicyclic) bond motifs is 1. The number of hydrogen-bond acceptors (Lipinski definition) is 6. The molecule has 0 spiro atoms. The highest BCUT2D eigenvalue weighted by Gasteiger charge is 2.46. The van der Waals surface area contributed by atoms with Gasteiger partial charge >= 0.3 is 15.5 Å². The molecule has 0 amide bonds. The number of aromatic nitrogens is 1.